The molecule has 0 aromatic rings. The SMILES string of the molecule is CCOC(=O)C1=CC[C@@H](NC(C)=O)[C@H](C(=O)N(CC)CC)C1. The number of hydrogen-bond donors (Lipinski definition) is 1. The molecule has 124 valence electrons. The Morgan fingerprint density at radius 3 is 2.41 bits per heavy atom. The topological polar surface area (TPSA) is 75.7 Å². The van der Waals surface area contributed by atoms with Gasteiger partial charge in [0.25, 0.3) is 0 Å². The Morgan fingerprint density at radius 1 is 1.27 bits per heavy atom. The highest BCUT2D eigenvalue weighted by Crippen LogP contribution is 2.27. The summed E-state index contributed by atoms with van der Waals surface area (Å²) in [5, 5.41) is 2.82. The molecule has 22 heavy (non-hydrogen) atoms. The lowest BCUT2D eigenvalue weighted by molar-refractivity contribution is -0.139. The van der Waals surface area contributed by atoms with E-state index in [-0.39, 0.29) is 23.8 Å². The molecule has 0 bridgehead atoms. The fraction of sp³-hybridized carbons (Fsp3) is 0.688. The summed E-state index contributed by atoms with van der Waals surface area (Å²) >= 11 is 0. The number of rotatable bonds is 6. The smallest absolute Gasteiger partial charge is 0.333 e. The summed E-state index contributed by atoms with van der Waals surface area (Å²) in [5.41, 5.74) is 0.522. The first-order valence-electron chi connectivity index (χ1n) is 7.86. The molecule has 1 aliphatic rings. The molecule has 0 radical (unpaired) electrons. The van der Waals surface area contributed by atoms with Crippen molar-refractivity contribution in [2.24, 2.45) is 5.92 Å². The number of carbonyl (C=O) groups is 3. The summed E-state index contributed by atoms with van der Waals surface area (Å²) in [6, 6.07) is -0.274. The summed E-state index contributed by atoms with van der Waals surface area (Å²) in [5.74, 6) is -0.997. The minimum Gasteiger partial charge on any atom is -0.463 e. The van der Waals surface area contributed by atoms with Crippen molar-refractivity contribution in [1.82, 2.24) is 10.2 Å². The molecule has 0 spiro atoms. The van der Waals surface area contributed by atoms with Crippen LogP contribution in [0.4, 0.5) is 0 Å². The second-order valence-electron chi connectivity index (χ2n) is 5.31. The highest BCUT2D eigenvalue weighted by atomic mass is 16.5. The molecule has 0 fully saturated rings. The first-order valence-corrected chi connectivity index (χ1v) is 7.86. The van der Waals surface area contributed by atoms with Gasteiger partial charge >= 0.3 is 5.97 Å². The summed E-state index contributed by atoms with van der Waals surface area (Å²) in [6.07, 6.45) is 2.54. The van der Waals surface area contributed by atoms with Gasteiger partial charge in [-0.15, -0.1) is 0 Å². The van der Waals surface area contributed by atoms with E-state index >= 15 is 0 Å². The van der Waals surface area contributed by atoms with Gasteiger partial charge in [0.15, 0.2) is 0 Å². The van der Waals surface area contributed by atoms with Gasteiger partial charge < -0.3 is 15.0 Å². The van der Waals surface area contributed by atoms with Gasteiger partial charge in [-0.25, -0.2) is 4.79 Å². The zero-order chi connectivity index (χ0) is 16.7. The molecule has 0 aromatic carbocycles. The molecule has 1 rings (SSSR count). The van der Waals surface area contributed by atoms with Crippen molar-refractivity contribution in [2.45, 2.75) is 46.6 Å². The van der Waals surface area contributed by atoms with Crippen LogP contribution in [0.5, 0.6) is 0 Å². The van der Waals surface area contributed by atoms with E-state index in [0.29, 0.717) is 38.1 Å². The summed E-state index contributed by atoms with van der Waals surface area (Å²) in [7, 11) is 0. The van der Waals surface area contributed by atoms with Crippen molar-refractivity contribution < 1.29 is 19.1 Å². The Morgan fingerprint density at radius 2 is 1.91 bits per heavy atom. The lowest BCUT2D eigenvalue weighted by Crippen LogP contribution is -2.49. The van der Waals surface area contributed by atoms with Gasteiger partial charge in [0.1, 0.15) is 0 Å². The maximum atomic E-state index is 12.7. The molecule has 2 atom stereocenters. The summed E-state index contributed by atoms with van der Waals surface area (Å²) < 4.78 is 5.02. The molecule has 0 saturated carbocycles. The zero-order valence-corrected chi connectivity index (χ0v) is 13.8. The van der Waals surface area contributed by atoms with Crippen LogP contribution in [0.15, 0.2) is 11.6 Å². The highest BCUT2D eigenvalue weighted by molar-refractivity contribution is 5.91. The van der Waals surface area contributed by atoms with Crippen molar-refractivity contribution in [3.05, 3.63) is 11.6 Å². The normalized spacial score (nSPS) is 20.8. The third-order valence-corrected chi connectivity index (χ3v) is 3.86. The van der Waals surface area contributed by atoms with E-state index in [1.165, 1.54) is 6.92 Å². The monoisotopic (exact) mass is 310 g/mol. The molecule has 6 nitrogen and oxygen atoms in total. The Bertz CT molecular complexity index is 455. The minimum absolute atomic E-state index is 0.0290. The molecule has 0 heterocycles. The molecule has 0 aromatic heterocycles. The summed E-state index contributed by atoms with van der Waals surface area (Å²) in [4.78, 5) is 37.7. The van der Waals surface area contributed by atoms with E-state index in [0.717, 1.165) is 0 Å². The average Bonchev–Trinajstić information content (AvgIpc) is 2.48. The highest BCUT2D eigenvalue weighted by Gasteiger charge is 2.36. The number of nitrogens with zero attached hydrogens (tertiary/aromatic N) is 1. The minimum atomic E-state index is -0.423. The Balaban J connectivity index is 2.96. The van der Waals surface area contributed by atoms with Crippen LogP contribution in [0.2, 0.25) is 0 Å². The van der Waals surface area contributed by atoms with Crippen molar-refractivity contribution in [3.63, 3.8) is 0 Å². The number of ether oxygens (including phenoxy) is 1. The van der Waals surface area contributed by atoms with Crippen LogP contribution in [-0.2, 0) is 19.1 Å². The summed E-state index contributed by atoms with van der Waals surface area (Å²) in [6.45, 7) is 8.54. The third-order valence-electron chi connectivity index (χ3n) is 3.86. The van der Waals surface area contributed by atoms with Crippen LogP contribution in [0, 0.1) is 5.92 Å². The maximum Gasteiger partial charge on any atom is 0.333 e. The van der Waals surface area contributed by atoms with Crippen LogP contribution in [0.1, 0.15) is 40.5 Å². The van der Waals surface area contributed by atoms with Crippen molar-refractivity contribution in [2.75, 3.05) is 19.7 Å². The molecule has 1 aliphatic carbocycles. The van der Waals surface area contributed by atoms with Gasteiger partial charge in [-0.2, -0.15) is 0 Å². The van der Waals surface area contributed by atoms with Gasteiger partial charge in [0.05, 0.1) is 12.5 Å². The van der Waals surface area contributed by atoms with Crippen LogP contribution >= 0.6 is 0 Å². The standard InChI is InChI=1S/C16H26N2O4/c1-5-18(6-2)15(20)13-10-12(16(21)22-7-3)8-9-14(13)17-11(4)19/h8,13-14H,5-7,9-10H2,1-4H3,(H,17,19)/t13-,14-/m1/s1. The fourth-order valence-electron chi connectivity index (χ4n) is 2.74. The van der Waals surface area contributed by atoms with Gasteiger partial charge in [0, 0.05) is 31.6 Å². The van der Waals surface area contributed by atoms with Gasteiger partial charge in [-0.3, -0.25) is 9.59 Å². The van der Waals surface area contributed by atoms with E-state index in [4.69, 9.17) is 4.74 Å². The lowest BCUT2D eigenvalue weighted by atomic mass is 9.83. The molecular formula is C16H26N2O4. The van der Waals surface area contributed by atoms with Crippen LogP contribution in [0.25, 0.3) is 0 Å². The maximum absolute atomic E-state index is 12.7. The van der Waals surface area contributed by atoms with E-state index in [1.807, 2.05) is 13.8 Å². The first-order chi connectivity index (χ1) is 10.4. The zero-order valence-electron chi connectivity index (χ0n) is 13.8. The van der Waals surface area contributed by atoms with Crippen molar-refractivity contribution >= 4 is 17.8 Å². The van der Waals surface area contributed by atoms with Crippen LogP contribution in [-0.4, -0.2) is 48.4 Å². The number of nitrogens with one attached hydrogen (secondary N) is 1. The second kappa shape index (κ2) is 8.56. The predicted octanol–water partition coefficient (Wildman–Crippen LogP) is 1.26. The third kappa shape index (κ3) is 4.58. The first kappa shape index (κ1) is 18.2. The molecular weight excluding hydrogens is 284 g/mol. The van der Waals surface area contributed by atoms with Gasteiger partial charge in [-0.05, 0) is 33.6 Å². The Kier molecular flexibility index (Phi) is 7.08. The van der Waals surface area contributed by atoms with Gasteiger partial charge in [-0.1, -0.05) is 6.08 Å². The Hall–Kier alpha value is -1.85. The van der Waals surface area contributed by atoms with E-state index in [9.17, 15) is 14.4 Å². The predicted molar refractivity (Wildman–Crippen MR) is 83.0 cm³/mol. The Labute approximate surface area is 131 Å². The number of amides is 2. The van der Waals surface area contributed by atoms with Gasteiger partial charge in [0.2, 0.25) is 11.8 Å². The molecule has 0 unspecified atom stereocenters. The van der Waals surface area contributed by atoms with E-state index in [1.54, 1.807) is 17.9 Å². The van der Waals surface area contributed by atoms with E-state index in [2.05, 4.69) is 5.32 Å². The van der Waals surface area contributed by atoms with Crippen molar-refractivity contribution in [1.29, 1.82) is 0 Å². The number of carbonyl (C=O) groups excluding carboxylic acids is 3. The van der Waals surface area contributed by atoms with Crippen LogP contribution < -0.4 is 5.32 Å². The fourth-order valence-corrected chi connectivity index (χ4v) is 2.74. The largest absolute Gasteiger partial charge is 0.463 e. The number of esters is 1. The van der Waals surface area contributed by atoms with Crippen LogP contribution in [0.3, 0.4) is 0 Å². The lowest BCUT2D eigenvalue weighted by Gasteiger charge is -2.33. The average molecular weight is 310 g/mol. The molecule has 2 amide bonds. The molecule has 1 N–H and O–H groups in total. The molecule has 0 saturated heterocycles. The molecule has 0 aliphatic heterocycles. The molecule has 6 heteroatoms. The quantitative estimate of drug-likeness (QED) is 0.749. The second-order valence-corrected chi connectivity index (χ2v) is 5.31. The van der Waals surface area contributed by atoms with Crippen molar-refractivity contribution in [3.8, 4) is 0 Å². The van der Waals surface area contributed by atoms with E-state index < -0.39 is 5.92 Å². The number of hydrogen-bond acceptors (Lipinski definition) is 4.